The quantitative estimate of drug-likeness (QED) is 0.758. The lowest BCUT2D eigenvalue weighted by Gasteiger charge is -2.22. The Morgan fingerprint density at radius 3 is 2.36 bits per heavy atom. The summed E-state index contributed by atoms with van der Waals surface area (Å²) in [6, 6.07) is 8.19. The van der Waals surface area contributed by atoms with Crippen molar-refractivity contribution in [3.63, 3.8) is 0 Å². The predicted octanol–water partition coefficient (Wildman–Crippen LogP) is 2.60. The first-order chi connectivity index (χ1) is 10.2. The predicted molar refractivity (Wildman–Crippen MR) is 71.2 cm³/mol. The summed E-state index contributed by atoms with van der Waals surface area (Å²) in [6.07, 6.45) is -4.56. The molecule has 0 saturated carbocycles. The summed E-state index contributed by atoms with van der Waals surface area (Å²) in [7, 11) is 0. The third kappa shape index (κ3) is 1.93. The van der Waals surface area contributed by atoms with Crippen molar-refractivity contribution in [1.82, 2.24) is 0 Å². The van der Waals surface area contributed by atoms with Gasteiger partial charge in [-0.05, 0) is 18.2 Å². The average Bonchev–Trinajstić information content (AvgIpc) is 2.70. The highest BCUT2D eigenvalue weighted by Gasteiger charge is 2.49. The summed E-state index contributed by atoms with van der Waals surface area (Å²) >= 11 is 0. The van der Waals surface area contributed by atoms with Crippen LogP contribution >= 0.6 is 0 Å². The number of nitrogens with one attached hydrogen (secondary N) is 1. The number of para-hydroxylation sites is 1. The van der Waals surface area contributed by atoms with E-state index in [1.54, 1.807) is 0 Å². The highest BCUT2D eigenvalue weighted by molar-refractivity contribution is 6.07. The van der Waals surface area contributed by atoms with Gasteiger partial charge in [-0.2, -0.15) is 13.2 Å². The van der Waals surface area contributed by atoms with E-state index < -0.39 is 23.2 Å². The molecule has 7 heteroatoms. The van der Waals surface area contributed by atoms with Crippen LogP contribution in [0.4, 0.5) is 18.9 Å². The number of carbonyl (C=O) groups excluding carboxylic acids is 1. The van der Waals surface area contributed by atoms with Gasteiger partial charge in [0, 0.05) is 16.8 Å². The minimum absolute atomic E-state index is 0.0352. The fourth-order valence-corrected chi connectivity index (χ4v) is 2.52. The van der Waals surface area contributed by atoms with Gasteiger partial charge in [0.2, 0.25) is 0 Å². The average molecular weight is 309 g/mol. The number of alkyl halides is 3. The standard InChI is InChI=1S/C15H10F3NO3/c16-15(17,18)8-5-6-9-11(7-8)19-13(21)14(9,22)10-3-1-2-4-12(10)20/h1-7,20,22H,(H,19,21). The maximum atomic E-state index is 12.7. The second-order valence-corrected chi connectivity index (χ2v) is 4.94. The van der Waals surface area contributed by atoms with Gasteiger partial charge in [-0.25, -0.2) is 0 Å². The molecular formula is C15H10F3NO3. The van der Waals surface area contributed by atoms with Gasteiger partial charge < -0.3 is 15.5 Å². The van der Waals surface area contributed by atoms with Gasteiger partial charge in [-0.3, -0.25) is 4.79 Å². The Bertz CT molecular complexity index is 773. The SMILES string of the molecule is O=C1Nc2cc(C(F)(F)F)ccc2C1(O)c1ccccc1O. The van der Waals surface area contributed by atoms with Crippen molar-refractivity contribution >= 4 is 11.6 Å². The van der Waals surface area contributed by atoms with Gasteiger partial charge in [0.1, 0.15) is 5.75 Å². The lowest BCUT2D eigenvalue weighted by Crippen LogP contribution is -2.35. The van der Waals surface area contributed by atoms with Crippen LogP contribution in [0.2, 0.25) is 0 Å². The van der Waals surface area contributed by atoms with E-state index in [1.165, 1.54) is 24.3 Å². The summed E-state index contributed by atoms with van der Waals surface area (Å²) in [5, 5.41) is 22.8. The van der Waals surface area contributed by atoms with E-state index in [4.69, 9.17) is 0 Å². The minimum Gasteiger partial charge on any atom is -0.508 e. The molecule has 1 unspecified atom stereocenters. The Morgan fingerprint density at radius 2 is 1.73 bits per heavy atom. The Balaban J connectivity index is 2.19. The Hall–Kier alpha value is -2.54. The van der Waals surface area contributed by atoms with Crippen LogP contribution in [-0.2, 0) is 16.6 Å². The summed E-state index contributed by atoms with van der Waals surface area (Å²) in [6.45, 7) is 0. The van der Waals surface area contributed by atoms with Crippen LogP contribution < -0.4 is 5.32 Å². The first kappa shape index (κ1) is 14.4. The molecular weight excluding hydrogens is 299 g/mol. The first-order valence-electron chi connectivity index (χ1n) is 6.28. The van der Waals surface area contributed by atoms with Crippen LogP contribution in [-0.4, -0.2) is 16.1 Å². The zero-order valence-corrected chi connectivity index (χ0v) is 11.0. The minimum atomic E-state index is -4.56. The molecule has 0 bridgehead atoms. The summed E-state index contributed by atoms with van der Waals surface area (Å²) in [4.78, 5) is 12.1. The molecule has 0 aliphatic carbocycles. The number of rotatable bonds is 1. The molecule has 3 rings (SSSR count). The second-order valence-electron chi connectivity index (χ2n) is 4.94. The maximum Gasteiger partial charge on any atom is 0.416 e. The number of aromatic hydroxyl groups is 1. The van der Waals surface area contributed by atoms with E-state index >= 15 is 0 Å². The van der Waals surface area contributed by atoms with Crippen LogP contribution in [0.15, 0.2) is 42.5 Å². The lowest BCUT2D eigenvalue weighted by atomic mass is 9.86. The van der Waals surface area contributed by atoms with Crippen LogP contribution in [0.5, 0.6) is 5.75 Å². The molecule has 3 N–H and O–H groups in total. The summed E-state index contributed by atoms with van der Waals surface area (Å²) in [5.74, 6) is -1.24. The highest BCUT2D eigenvalue weighted by Crippen LogP contribution is 2.45. The first-order valence-corrected chi connectivity index (χ1v) is 6.28. The van der Waals surface area contributed by atoms with Crippen molar-refractivity contribution in [3.05, 3.63) is 59.2 Å². The Morgan fingerprint density at radius 1 is 1.05 bits per heavy atom. The second kappa shape index (κ2) is 4.48. The molecule has 114 valence electrons. The van der Waals surface area contributed by atoms with Gasteiger partial charge in [0.15, 0.2) is 5.60 Å². The molecule has 0 fully saturated rings. The smallest absolute Gasteiger partial charge is 0.416 e. The molecule has 2 aromatic rings. The largest absolute Gasteiger partial charge is 0.508 e. The van der Waals surface area contributed by atoms with E-state index in [1.807, 2.05) is 0 Å². The zero-order chi connectivity index (χ0) is 16.1. The third-order valence-corrected chi connectivity index (χ3v) is 3.61. The number of aliphatic hydroxyl groups is 1. The van der Waals surface area contributed by atoms with Gasteiger partial charge in [-0.15, -0.1) is 0 Å². The topological polar surface area (TPSA) is 69.6 Å². The van der Waals surface area contributed by atoms with E-state index in [0.717, 1.165) is 18.2 Å². The van der Waals surface area contributed by atoms with Crippen molar-refractivity contribution in [2.24, 2.45) is 0 Å². The monoisotopic (exact) mass is 309 g/mol. The highest BCUT2D eigenvalue weighted by atomic mass is 19.4. The van der Waals surface area contributed by atoms with Crippen LogP contribution in [0.1, 0.15) is 16.7 Å². The van der Waals surface area contributed by atoms with Gasteiger partial charge >= 0.3 is 6.18 Å². The van der Waals surface area contributed by atoms with Gasteiger partial charge in [0.05, 0.1) is 5.56 Å². The van der Waals surface area contributed by atoms with Crippen molar-refractivity contribution in [2.45, 2.75) is 11.8 Å². The summed E-state index contributed by atoms with van der Waals surface area (Å²) in [5.41, 5.74) is -3.43. The van der Waals surface area contributed by atoms with Crippen LogP contribution in [0, 0.1) is 0 Å². The van der Waals surface area contributed by atoms with Crippen molar-refractivity contribution in [3.8, 4) is 5.75 Å². The molecule has 1 amide bonds. The number of phenolic OH excluding ortho intramolecular Hbond substituents is 1. The molecule has 4 nitrogen and oxygen atoms in total. The summed E-state index contributed by atoms with van der Waals surface area (Å²) < 4.78 is 38.2. The number of phenols is 1. The molecule has 1 aliphatic heterocycles. The molecule has 1 atom stereocenters. The number of amides is 1. The third-order valence-electron chi connectivity index (χ3n) is 3.61. The normalized spacial score (nSPS) is 20.6. The Labute approximate surface area is 122 Å². The molecule has 0 spiro atoms. The Kier molecular flexibility index (Phi) is 2.93. The number of carbonyl (C=O) groups is 1. The number of halogens is 3. The number of fused-ring (bicyclic) bond motifs is 1. The van der Waals surface area contributed by atoms with E-state index in [-0.39, 0.29) is 22.6 Å². The lowest BCUT2D eigenvalue weighted by molar-refractivity contribution is -0.137. The molecule has 0 saturated heterocycles. The fourth-order valence-electron chi connectivity index (χ4n) is 2.52. The van der Waals surface area contributed by atoms with Crippen molar-refractivity contribution in [2.75, 3.05) is 5.32 Å². The van der Waals surface area contributed by atoms with Crippen molar-refractivity contribution < 1.29 is 28.2 Å². The number of hydrogen-bond donors (Lipinski definition) is 3. The zero-order valence-electron chi connectivity index (χ0n) is 11.0. The van der Waals surface area contributed by atoms with E-state index in [0.29, 0.717) is 0 Å². The van der Waals surface area contributed by atoms with Crippen LogP contribution in [0.3, 0.4) is 0 Å². The number of anilines is 1. The molecule has 0 aromatic heterocycles. The molecule has 1 heterocycles. The van der Waals surface area contributed by atoms with E-state index in [2.05, 4.69) is 5.32 Å². The van der Waals surface area contributed by atoms with Gasteiger partial charge in [-0.1, -0.05) is 24.3 Å². The number of hydrogen-bond acceptors (Lipinski definition) is 3. The van der Waals surface area contributed by atoms with E-state index in [9.17, 15) is 28.2 Å². The maximum absolute atomic E-state index is 12.7. The fraction of sp³-hybridized carbons (Fsp3) is 0.133. The number of benzene rings is 2. The molecule has 2 aromatic carbocycles. The molecule has 22 heavy (non-hydrogen) atoms. The molecule has 1 aliphatic rings. The van der Waals surface area contributed by atoms with Crippen molar-refractivity contribution in [1.29, 1.82) is 0 Å². The van der Waals surface area contributed by atoms with Crippen LogP contribution in [0.25, 0.3) is 0 Å². The molecule has 0 radical (unpaired) electrons. The van der Waals surface area contributed by atoms with Gasteiger partial charge in [0.25, 0.3) is 5.91 Å².